The maximum atomic E-state index is 11.9. The molecule has 0 fully saturated rings. The van der Waals surface area contributed by atoms with Gasteiger partial charge in [-0.25, -0.2) is 8.78 Å². The van der Waals surface area contributed by atoms with Crippen molar-refractivity contribution >= 4 is 0 Å². The number of nitrogens with two attached hydrogens (primary N) is 2. The Morgan fingerprint density at radius 3 is 2.25 bits per heavy atom. The molecule has 0 rings (SSSR count). The topological polar surface area (TPSA) is 52.0 Å². The van der Waals surface area contributed by atoms with E-state index in [1.807, 2.05) is 0 Å². The molecule has 0 bridgehead atoms. The van der Waals surface area contributed by atoms with Crippen molar-refractivity contribution < 1.29 is 8.78 Å². The smallest absolute Gasteiger partial charge is 0.253 e. The maximum Gasteiger partial charge on any atom is 0.253 e. The van der Waals surface area contributed by atoms with E-state index in [0.717, 1.165) is 0 Å². The molecule has 0 spiro atoms. The van der Waals surface area contributed by atoms with E-state index in [-0.39, 0.29) is 6.04 Å². The Labute approximate surface area is 71.6 Å². The first-order valence-corrected chi connectivity index (χ1v) is 3.99. The van der Waals surface area contributed by atoms with Crippen LogP contribution in [0, 0.1) is 0 Å². The second-order valence-electron chi connectivity index (χ2n) is 2.83. The highest BCUT2D eigenvalue weighted by Crippen LogP contribution is 2.07. The van der Waals surface area contributed by atoms with E-state index in [1.54, 1.807) is 6.08 Å². The minimum Gasteiger partial charge on any atom is -0.324 e. The molecule has 0 heterocycles. The molecule has 4 heteroatoms. The number of halogens is 2. The highest BCUT2D eigenvalue weighted by Gasteiger charge is 2.14. The molecule has 2 unspecified atom stereocenters. The molecule has 0 aliphatic rings. The van der Waals surface area contributed by atoms with Crippen LogP contribution < -0.4 is 11.5 Å². The second kappa shape index (κ2) is 6.08. The molecule has 0 radical (unpaired) electrons. The minimum atomic E-state index is -2.43. The van der Waals surface area contributed by atoms with Crippen LogP contribution in [0.5, 0.6) is 0 Å². The Bertz CT molecular complexity index is 128. The summed E-state index contributed by atoms with van der Waals surface area (Å²) in [5, 5.41) is 0. The van der Waals surface area contributed by atoms with Crippen LogP contribution in [0.1, 0.15) is 19.3 Å². The van der Waals surface area contributed by atoms with Crippen LogP contribution in [0.25, 0.3) is 0 Å². The summed E-state index contributed by atoms with van der Waals surface area (Å²) in [6.45, 7) is 3.49. The summed E-state index contributed by atoms with van der Waals surface area (Å²) >= 11 is 0. The zero-order chi connectivity index (χ0) is 9.56. The molecular formula is C8H16F2N2. The molecule has 0 saturated carbocycles. The Kier molecular flexibility index (Phi) is 5.84. The summed E-state index contributed by atoms with van der Waals surface area (Å²) < 4.78 is 23.7. The third-order valence-electron chi connectivity index (χ3n) is 1.70. The van der Waals surface area contributed by atoms with E-state index in [2.05, 4.69) is 6.58 Å². The average molecular weight is 178 g/mol. The number of hydrogen-bond acceptors (Lipinski definition) is 2. The van der Waals surface area contributed by atoms with Crippen LogP contribution in [0.4, 0.5) is 8.78 Å². The summed E-state index contributed by atoms with van der Waals surface area (Å²) in [7, 11) is 0. The van der Waals surface area contributed by atoms with Crippen molar-refractivity contribution in [3.8, 4) is 0 Å². The van der Waals surface area contributed by atoms with Gasteiger partial charge < -0.3 is 11.5 Å². The molecule has 2 atom stereocenters. The summed E-state index contributed by atoms with van der Waals surface area (Å²) in [5.74, 6) is 0. The lowest BCUT2D eigenvalue weighted by molar-refractivity contribution is 0.111. The summed E-state index contributed by atoms with van der Waals surface area (Å²) in [6, 6.07) is -1.11. The van der Waals surface area contributed by atoms with Crippen LogP contribution in [0.3, 0.4) is 0 Å². The first-order valence-electron chi connectivity index (χ1n) is 3.99. The SMILES string of the molecule is C=CC(N)CCCC(N)C(F)F. The summed E-state index contributed by atoms with van der Waals surface area (Å²) in [5.41, 5.74) is 10.6. The Morgan fingerprint density at radius 2 is 1.83 bits per heavy atom. The molecule has 0 amide bonds. The van der Waals surface area contributed by atoms with Crippen LogP contribution in [-0.4, -0.2) is 18.5 Å². The Hall–Kier alpha value is -0.480. The molecule has 0 aliphatic heterocycles. The van der Waals surface area contributed by atoms with E-state index in [0.29, 0.717) is 19.3 Å². The van der Waals surface area contributed by atoms with Crippen molar-refractivity contribution in [2.75, 3.05) is 0 Å². The van der Waals surface area contributed by atoms with Crippen molar-refractivity contribution in [1.82, 2.24) is 0 Å². The fraction of sp³-hybridized carbons (Fsp3) is 0.750. The highest BCUT2D eigenvalue weighted by molar-refractivity contribution is 4.82. The third kappa shape index (κ3) is 5.21. The van der Waals surface area contributed by atoms with Gasteiger partial charge in [-0.1, -0.05) is 6.08 Å². The molecular weight excluding hydrogens is 162 g/mol. The number of alkyl halides is 2. The largest absolute Gasteiger partial charge is 0.324 e. The van der Waals surface area contributed by atoms with Gasteiger partial charge in [0.2, 0.25) is 0 Å². The van der Waals surface area contributed by atoms with E-state index >= 15 is 0 Å². The van der Waals surface area contributed by atoms with Gasteiger partial charge in [0.05, 0.1) is 6.04 Å². The van der Waals surface area contributed by atoms with Crippen LogP contribution in [0.2, 0.25) is 0 Å². The molecule has 4 N–H and O–H groups in total. The molecule has 12 heavy (non-hydrogen) atoms. The van der Waals surface area contributed by atoms with Gasteiger partial charge in [-0.3, -0.25) is 0 Å². The normalized spacial score (nSPS) is 16.1. The molecule has 0 aliphatic carbocycles. The maximum absolute atomic E-state index is 11.9. The van der Waals surface area contributed by atoms with E-state index in [1.165, 1.54) is 0 Å². The van der Waals surface area contributed by atoms with Gasteiger partial charge in [-0.05, 0) is 19.3 Å². The van der Waals surface area contributed by atoms with Crippen LogP contribution >= 0.6 is 0 Å². The Morgan fingerprint density at radius 1 is 1.25 bits per heavy atom. The first-order chi connectivity index (χ1) is 5.57. The second-order valence-corrected chi connectivity index (χ2v) is 2.83. The average Bonchev–Trinajstić information content (AvgIpc) is 2.03. The van der Waals surface area contributed by atoms with E-state index < -0.39 is 12.5 Å². The van der Waals surface area contributed by atoms with Crippen LogP contribution in [-0.2, 0) is 0 Å². The third-order valence-corrected chi connectivity index (χ3v) is 1.70. The van der Waals surface area contributed by atoms with Gasteiger partial charge >= 0.3 is 0 Å². The quantitative estimate of drug-likeness (QED) is 0.602. The minimum absolute atomic E-state index is 0.102. The van der Waals surface area contributed by atoms with Gasteiger partial charge in [-0.15, -0.1) is 6.58 Å². The van der Waals surface area contributed by atoms with Crippen molar-refractivity contribution in [2.45, 2.75) is 37.8 Å². The van der Waals surface area contributed by atoms with Crippen molar-refractivity contribution in [1.29, 1.82) is 0 Å². The van der Waals surface area contributed by atoms with E-state index in [4.69, 9.17) is 11.5 Å². The van der Waals surface area contributed by atoms with Gasteiger partial charge in [-0.2, -0.15) is 0 Å². The highest BCUT2D eigenvalue weighted by atomic mass is 19.3. The molecule has 72 valence electrons. The molecule has 0 aromatic rings. The lowest BCUT2D eigenvalue weighted by Crippen LogP contribution is -2.29. The summed E-state index contributed by atoms with van der Waals surface area (Å²) in [4.78, 5) is 0. The first kappa shape index (κ1) is 11.5. The predicted octanol–water partition coefficient (Wildman–Crippen LogP) is 1.26. The van der Waals surface area contributed by atoms with Gasteiger partial charge in [0, 0.05) is 6.04 Å². The van der Waals surface area contributed by atoms with Crippen molar-refractivity contribution in [2.24, 2.45) is 11.5 Å². The fourth-order valence-electron chi connectivity index (χ4n) is 0.833. The monoisotopic (exact) mass is 178 g/mol. The van der Waals surface area contributed by atoms with Crippen molar-refractivity contribution in [3.05, 3.63) is 12.7 Å². The lowest BCUT2D eigenvalue weighted by Gasteiger charge is -2.10. The van der Waals surface area contributed by atoms with E-state index in [9.17, 15) is 8.78 Å². The number of hydrogen-bond donors (Lipinski definition) is 2. The molecule has 0 aromatic heterocycles. The molecule has 0 saturated heterocycles. The predicted molar refractivity (Wildman–Crippen MR) is 46.0 cm³/mol. The van der Waals surface area contributed by atoms with Gasteiger partial charge in [0.1, 0.15) is 0 Å². The Balaban J connectivity index is 3.36. The standard InChI is InChI=1S/C8H16F2N2/c1-2-6(11)4-3-5-7(12)8(9)10/h2,6-8H,1,3-5,11-12H2. The van der Waals surface area contributed by atoms with Gasteiger partial charge in [0.15, 0.2) is 0 Å². The molecule has 2 nitrogen and oxygen atoms in total. The van der Waals surface area contributed by atoms with Crippen LogP contribution in [0.15, 0.2) is 12.7 Å². The zero-order valence-electron chi connectivity index (χ0n) is 7.05. The summed E-state index contributed by atoms with van der Waals surface area (Å²) in [6.07, 6.45) is 0.792. The van der Waals surface area contributed by atoms with Crippen molar-refractivity contribution in [3.63, 3.8) is 0 Å². The lowest BCUT2D eigenvalue weighted by atomic mass is 10.1. The fourth-order valence-corrected chi connectivity index (χ4v) is 0.833. The number of rotatable bonds is 6. The van der Waals surface area contributed by atoms with Gasteiger partial charge in [0.25, 0.3) is 6.43 Å². The molecule has 0 aromatic carbocycles. The zero-order valence-corrected chi connectivity index (χ0v) is 7.05.